The predicted octanol–water partition coefficient (Wildman–Crippen LogP) is 4.03. The number of piperidine rings is 2. The van der Waals surface area contributed by atoms with Gasteiger partial charge in [-0.3, -0.25) is 4.90 Å². The van der Waals surface area contributed by atoms with Gasteiger partial charge in [-0.25, -0.2) is 0 Å². The first-order valence-corrected chi connectivity index (χ1v) is 11.4. The summed E-state index contributed by atoms with van der Waals surface area (Å²) in [4.78, 5) is 5.34. The van der Waals surface area contributed by atoms with Crippen molar-refractivity contribution in [2.24, 2.45) is 0 Å². The van der Waals surface area contributed by atoms with Gasteiger partial charge in [0.1, 0.15) is 0 Å². The van der Waals surface area contributed by atoms with E-state index in [9.17, 15) is 0 Å². The maximum Gasteiger partial charge on any atom is 0.231 e. The third kappa shape index (κ3) is 4.01. The lowest BCUT2D eigenvalue weighted by Gasteiger charge is -2.49. The number of ether oxygens (including phenoxy) is 2. The Bertz CT molecular complexity index is 843. The Morgan fingerprint density at radius 2 is 1.73 bits per heavy atom. The average molecular weight is 408 g/mol. The molecule has 0 saturated carbocycles. The molecule has 0 atom stereocenters. The third-order valence-electron chi connectivity index (χ3n) is 7.23. The van der Waals surface area contributed by atoms with Crippen molar-refractivity contribution in [2.75, 3.05) is 37.9 Å². The van der Waals surface area contributed by atoms with E-state index in [4.69, 9.17) is 9.47 Å². The Morgan fingerprint density at radius 3 is 2.50 bits per heavy atom. The number of anilines is 1. The number of rotatable bonds is 5. The summed E-state index contributed by atoms with van der Waals surface area (Å²) in [6, 6.07) is 17.8. The average Bonchev–Trinajstić information content (AvgIpc) is 3.27. The van der Waals surface area contributed by atoms with Gasteiger partial charge < -0.3 is 19.7 Å². The summed E-state index contributed by atoms with van der Waals surface area (Å²) in [6.45, 7) is 8.36. The lowest BCUT2D eigenvalue weighted by atomic mass is 9.86. The minimum Gasteiger partial charge on any atom is -0.454 e. The van der Waals surface area contributed by atoms with Gasteiger partial charge in [0, 0.05) is 43.0 Å². The quantitative estimate of drug-likeness (QED) is 0.810. The van der Waals surface area contributed by atoms with Crippen molar-refractivity contribution >= 4 is 5.69 Å². The van der Waals surface area contributed by atoms with Gasteiger partial charge in [-0.2, -0.15) is 0 Å². The lowest BCUT2D eigenvalue weighted by Crippen LogP contribution is -2.57. The highest BCUT2D eigenvalue weighted by molar-refractivity contribution is 5.58. The molecule has 3 heterocycles. The van der Waals surface area contributed by atoms with Crippen molar-refractivity contribution in [1.82, 2.24) is 10.2 Å². The van der Waals surface area contributed by atoms with E-state index < -0.39 is 0 Å². The van der Waals surface area contributed by atoms with Gasteiger partial charge in [-0.05, 0) is 63.4 Å². The van der Waals surface area contributed by atoms with Crippen LogP contribution in [0.1, 0.15) is 38.2 Å². The standard InChI is InChI=1S/C25H33N3O2/c1-25(11-13-26-14-12-25)27-15-9-21(10-16-27)28(18-20-5-3-2-4-6-20)22-7-8-23-24(17-22)30-19-29-23/h2-8,17,21,26H,9-16,18-19H2,1H3. The highest BCUT2D eigenvalue weighted by Crippen LogP contribution is 2.38. The molecule has 0 amide bonds. The van der Waals surface area contributed by atoms with E-state index in [0.717, 1.165) is 31.1 Å². The van der Waals surface area contributed by atoms with Gasteiger partial charge in [0.05, 0.1) is 0 Å². The molecule has 2 fully saturated rings. The molecule has 0 aromatic heterocycles. The largest absolute Gasteiger partial charge is 0.454 e. The monoisotopic (exact) mass is 407 g/mol. The Balaban J connectivity index is 1.34. The summed E-state index contributed by atoms with van der Waals surface area (Å²) in [7, 11) is 0. The number of nitrogens with one attached hydrogen (secondary N) is 1. The summed E-state index contributed by atoms with van der Waals surface area (Å²) < 4.78 is 11.2. The summed E-state index contributed by atoms with van der Waals surface area (Å²) in [6.07, 6.45) is 4.91. The molecule has 5 rings (SSSR count). The molecule has 0 bridgehead atoms. The van der Waals surface area contributed by atoms with Gasteiger partial charge in [-0.1, -0.05) is 30.3 Å². The van der Waals surface area contributed by atoms with Gasteiger partial charge >= 0.3 is 0 Å². The first kappa shape index (κ1) is 19.7. The van der Waals surface area contributed by atoms with E-state index >= 15 is 0 Å². The smallest absolute Gasteiger partial charge is 0.231 e. The van der Waals surface area contributed by atoms with Gasteiger partial charge in [0.15, 0.2) is 11.5 Å². The number of hydrogen-bond donors (Lipinski definition) is 1. The van der Waals surface area contributed by atoms with Crippen LogP contribution in [-0.2, 0) is 6.54 Å². The van der Waals surface area contributed by atoms with Crippen molar-refractivity contribution in [2.45, 2.75) is 50.7 Å². The summed E-state index contributed by atoms with van der Waals surface area (Å²) in [5.74, 6) is 1.72. The molecule has 0 aliphatic carbocycles. The molecule has 0 radical (unpaired) electrons. The molecule has 3 aliphatic rings. The Labute approximate surface area is 180 Å². The molecule has 5 nitrogen and oxygen atoms in total. The maximum atomic E-state index is 5.67. The summed E-state index contributed by atoms with van der Waals surface area (Å²) >= 11 is 0. The molecule has 30 heavy (non-hydrogen) atoms. The van der Waals surface area contributed by atoms with Crippen LogP contribution in [0.25, 0.3) is 0 Å². The highest BCUT2D eigenvalue weighted by Gasteiger charge is 2.36. The van der Waals surface area contributed by atoms with Gasteiger partial charge in [-0.15, -0.1) is 0 Å². The predicted molar refractivity (Wildman–Crippen MR) is 120 cm³/mol. The first-order valence-electron chi connectivity index (χ1n) is 11.4. The zero-order valence-corrected chi connectivity index (χ0v) is 18.0. The molecule has 3 aliphatic heterocycles. The van der Waals surface area contributed by atoms with Crippen LogP contribution in [0.4, 0.5) is 5.69 Å². The number of benzene rings is 2. The second kappa shape index (κ2) is 8.48. The van der Waals surface area contributed by atoms with E-state index in [0.29, 0.717) is 18.4 Å². The lowest BCUT2D eigenvalue weighted by molar-refractivity contribution is 0.0482. The van der Waals surface area contributed by atoms with E-state index in [2.05, 4.69) is 70.6 Å². The van der Waals surface area contributed by atoms with E-state index in [1.807, 2.05) is 0 Å². The fraction of sp³-hybridized carbons (Fsp3) is 0.520. The van der Waals surface area contributed by atoms with Crippen LogP contribution >= 0.6 is 0 Å². The van der Waals surface area contributed by atoms with Crippen LogP contribution in [0.5, 0.6) is 11.5 Å². The van der Waals surface area contributed by atoms with Gasteiger partial charge in [0.2, 0.25) is 6.79 Å². The van der Waals surface area contributed by atoms with Gasteiger partial charge in [0.25, 0.3) is 0 Å². The van der Waals surface area contributed by atoms with E-state index in [1.54, 1.807) is 0 Å². The second-order valence-corrected chi connectivity index (χ2v) is 9.12. The topological polar surface area (TPSA) is 37.0 Å². The second-order valence-electron chi connectivity index (χ2n) is 9.12. The highest BCUT2D eigenvalue weighted by atomic mass is 16.7. The van der Waals surface area contributed by atoms with Crippen LogP contribution in [0.2, 0.25) is 0 Å². The van der Waals surface area contributed by atoms with Crippen molar-refractivity contribution in [3.63, 3.8) is 0 Å². The number of nitrogens with zero attached hydrogens (tertiary/aromatic N) is 2. The van der Waals surface area contributed by atoms with Crippen molar-refractivity contribution in [3.05, 3.63) is 54.1 Å². The zero-order valence-electron chi connectivity index (χ0n) is 18.0. The Morgan fingerprint density at radius 1 is 1.00 bits per heavy atom. The molecule has 0 unspecified atom stereocenters. The van der Waals surface area contributed by atoms with Crippen LogP contribution < -0.4 is 19.7 Å². The molecular weight excluding hydrogens is 374 g/mol. The number of hydrogen-bond acceptors (Lipinski definition) is 5. The fourth-order valence-electron chi connectivity index (χ4n) is 5.27. The van der Waals surface area contributed by atoms with Crippen LogP contribution in [0.3, 0.4) is 0 Å². The maximum absolute atomic E-state index is 5.67. The normalized spacial score (nSPS) is 21.5. The van der Waals surface area contributed by atoms with E-state index in [-0.39, 0.29) is 0 Å². The minimum absolute atomic E-state index is 0.323. The Kier molecular flexibility index (Phi) is 5.57. The summed E-state index contributed by atoms with van der Waals surface area (Å²) in [5, 5.41) is 3.52. The third-order valence-corrected chi connectivity index (χ3v) is 7.23. The minimum atomic E-state index is 0.323. The van der Waals surface area contributed by atoms with E-state index in [1.165, 1.54) is 50.0 Å². The van der Waals surface area contributed by atoms with Crippen LogP contribution in [0, 0.1) is 0 Å². The molecule has 2 aromatic rings. The number of fused-ring (bicyclic) bond motifs is 1. The zero-order chi connectivity index (χ0) is 20.4. The van der Waals surface area contributed by atoms with Crippen molar-refractivity contribution in [1.29, 1.82) is 0 Å². The summed E-state index contributed by atoms with van der Waals surface area (Å²) in [5.41, 5.74) is 2.94. The molecule has 2 aromatic carbocycles. The first-order chi connectivity index (χ1) is 14.7. The molecule has 0 spiro atoms. The van der Waals surface area contributed by atoms with Crippen molar-refractivity contribution < 1.29 is 9.47 Å². The SMILES string of the molecule is CC1(N2CCC(N(Cc3ccccc3)c3ccc4c(c3)OCO4)CC2)CCNCC1. The molecule has 2 saturated heterocycles. The molecule has 1 N–H and O–H groups in total. The molecule has 5 heteroatoms. The molecule has 160 valence electrons. The fourth-order valence-corrected chi connectivity index (χ4v) is 5.27. The Hall–Kier alpha value is -2.24. The van der Waals surface area contributed by atoms with Crippen LogP contribution in [0.15, 0.2) is 48.5 Å². The molecular formula is C25H33N3O2. The number of likely N-dealkylation sites (tertiary alicyclic amines) is 1. The van der Waals surface area contributed by atoms with Crippen molar-refractivity contribution in [3.8, 4) is 11.5 Å². The van der Waals surface area contributed by atoms with Crippen LogP contribution in [-0.4, -0.2) is 49.5 Å².